The van der Waals surface area contributed by atoms with Gasteiger partial charge in [0.15, 0.2) is 0 Å². The lowest BCUT2D eigenvalue weighted by molar-refractivity contribution is 0.728. The second-order valence-corrected chi connectivity index (χ2v) is 5.24. The van der Waals surface area contributed by atoms with Crippen molar-refractivity contribution in [2.45, 2.75) is 25.7 Å². The summed E-state index contributed by atoms with van der Waals surface area (Å²) in [5.74, 6) is 0. The lowest BCUT2D eigenvalue weighted by Crippen LogP contribution is -2.17. The van der Waals surface area contributed by atoms with Crippen molar-refractivity contribution in [3.05, 3.63) is 48.9 Å². The summed E-state index contributed by atoms with van der Waals surface area (Å²) in [7, 11) is 0. The van der Waals surface area contributed by atoms with Gasteiger partial charge in [-0.1, -0.05) is 36.5 Å². The number of rotatable bonds is 0. The first-order chi connectivity index (χ1) is 11.0. The smallest absolute Gasteiger partial charge is 0.0176 e. The van der Waals surface area contributed by atoms with Gasteiger partial charge in [0.25, 0.3) is 0 Å². The van der Waals surface area contributed by atoms with Crippen LogP contribution in [0.15, 0.2) is 48.9 Å². The molecule has 0 aromatic carbocycles. The summed E-state index contributed by atoms with van der Waals surface area (Å²) < 4.78 is 0. The van der Waals surface area contributed by atoms with Crippen LogP contribution in [0.1, 0.15) is 25.7 Å². The van der Waals surface area contributed by atoms with Crippen molar-refractivity contribution in [1.29, 1.82) is 0 Å². The van der Waals surface area contributed by atoms with Crippen LogP contribution >= 0.6 is 0 Å². The molecule has 0 aliphatic carbocycles. The minimum atomic E-state index is 1.07. The predicted molar refractivity (Wildman–Crippen MR) is 96.8 cm³/mol. The van der Waals surface area contributed by atoms with E-state index in [0.29, 0.717) is 0 Å². The third kappa shape index (κ3) is 13.5. The zero-order valence-electron chi connectivity index (χ0n) is 13.7. The Morgan fingerprint density at radius 3 is 1.32 bits per heavy atom. The summed E-state index contributed by atoms with van der Waals surface area (Å²) in [5.41, 5.74) is 0. The molecule has 22 heavy (non-hydrogen) atoms. The third-order valence-electron chi connectivity index (χ3n) is 3.23. The highest BCUT2D eigenvalue weighted by Gasteiger charge is 1.85. The molecule has 4 heteroatoms. The van der Waals surface area contributed by atoms with E-state index in [4.69, 9.17) is 0 Å². The predicted octanol–water partition coefficient (Wildman–Crippen LogP) is 2.06. The molecule has 4 nitrogen and oxygen atoms in total. The third-order valence-corrected chi connectivity index (χ3v) is 3.23. The largest absolute Gasteiger partial charge is 0.391 e. The summed E-state index contributed by atoms with van der Waals surface area (Å²) in [6, 6.07) is 0. The van der Waals surface area contributed by atoms with E-state index in [1.165, 1.54) is 25.7 Å². The fourth-order valence-electron chi connectivity index (χ4n) is 1.98. The van der Waals surface area contributed by atoms with Gasteiger partial charge in [-0.05, 0) is 44.6 Å². The Kier molecular flexibility index (Phi) is 13.4. The maximum absolute atomic E-state index is 3.20. The molecule has 124 valence electrons. The highest BCUT2D eigenvalue weighted by Crippen LogP contribution is 1.92. The molecule has 0 unspecified atom stereocenters. The Hall–Kier alpha value is -1.52. The van der Waals surface area contributed by atoms with Gasteiger partial charge in [-0.2, -0.15) is 0 Å². The van der Waals surface area contributed by atoms with E-state index in [-0.39, 0.29) is 0 Å². The van der Waals surface area contributed by atoms with E-state index in [2.05, 4.69) is 57.7 Å². The van der Waals surface area contributed by atoms with Crippen LogP contribution in [-0.2, 0) is 0 Å². The van der Waals surface area contributed by atoms with Crippen LogP contribution in [0.3, 0.4) is 0 Å². The number of allylic oxidation sites excluding steroid dienone is 1. The average Bonchev–Trinajstić information content (AvgIpc) is 3.37. The van der Waals surface area contributed by atoms with Gasteiger partial charge in [0.05, 0.1) is 0 Å². The summed E-state index contributed by atoms with van der Waals surface area (Å²) in [4.78, 5) is 0. The molecule has 0 bridgehead atoms. The molecular weight excluding hydrogens is 272 g/mol. The van der Waals surface area contributed by atoms with Crippen LogP contribution in [0, 0.1) is 0 Å². The van der Waals surface area contributed by atoms with Gasteiger partial charge in [0, 0.05) is 32.7 Å². The Morgan fingerprint density at radius 2 is 1.14 bits per heavy atom. The van der Waals surface area contributed by atoms with Crippen molar-refractivity contribution in [3.63, 3.8) is 0 Å². The quantitative estimate of drug-likeness (QED) is 0.518. The van der Waals surface area contributed by atoms with Gasteiger partial charge < -0.3 is 21.3 Å². The highest BCUT2D eigenvalue weighted by molar-refractivity contribution is 4.92. The molecule has 0 atom stereocenters. The maximum atomic E-state index is 3.20. The van der Waals surface area contributed by atoms with Crippen LogP contribution in [-0.4, -0.2) is 39.3 Å². The Labute approximate surface area is 135 Å². The van der Waals surface area contributed by atoms with Crippen molar-refractivity contribution in [1.82, 2.24) is 21.3 Å². The lowest BCUT2D eigenvalue weighted by atomic mass is 10.2. The van der Waals surface area contributed by atoms with Crippen LogP contribution in [0.25, 0.3) is 0 Å². The molecule has 0 saturated carbocycles. The van der Waals surface area contributed by atoms with E-state index in [0.717, 1.165) is 39.3 Å². The van der Waals surface area contributed by atoms with Gasteiger partial charge in [-0.3, -0.25) is 0 Å². The van der Waals surface area contributed by atoms with Gasteiger partial charge in [-0.15, -0.1) is 0 Å². The van der Waals surface area contributed by atoms with Crippen molar-refractivity contribution in [2.24, 2.45) is 0 Å². The van der Waals surface area contributed by atoms with E-state index in [1.807, 2.05) is 12.4 Å². The molecule has 4 aliphatic heterocycles. The Morgan fingerprint density at radius 1 is 0.500 bits per heavy atom. The van der Waals surface area contributed by atoms with E-state index >= 15 is 0 Å². The Bertz CT molecular complexity index is 283. The molecular formula is C18H32N4. The normalized spacial score (nSPS) is 20.4. The highest BCUT2D eigenvalue weighted by atomic mass is 14.9. The van der Waals surface area contributed by atoms with Crippen molar-refractivity contribution >= 4 is 0 Å². The molecule has 4 aliphatic rings. The number of hydrogen-bond donors (Lipinski definition) is 4. The van der Waals surface area contributed by atoms with E-state index in [1.54, 1.807) is 0 Å². The average molecular weight is 304 g/mol. The molecule has 0 spiro atoms. The molecule has 0 amide bonds. The molecule has 4 rings (SSSR count). The molecule has 0 aromatic heterocycles. The molecule has 0 radical (unpaired) electrons. The summed E-state index contributed by atoms with van der Waals surface area (Å²) in [6.45, 7) is 6.67. The standard InChI is InChI=1S/2C5H9N.2C4H7N/c2*1-2-4-6-5-3-1;2*1-2-4-5-3-1/h2,4,6H,1,3,5H2;1-2,6H,3-5H2;1,3,5H,2,4H2;1-2,5H,3-4H2. The monoisotopic (exact) mass is 304 g/mol. The minimum absolute atomic E-state index is 1.07. The first-order valence-electron chi connectivity index (χ1n) is 8.48. The molecule has 0 fully saturated rings. The Balaban J connectivity index is 0.000000147. The molecule has 0 aromatic rings. The van der Waals surface area contributed by atoms with Gasteiger partial charge in [-0.25, -0.2) is 0 Å². The van der Waals surface area contributed by atoms with Crippen LogP contribution in [0.2, 0.25) is 0 Å². The van der Waals surface area contributed by atoms with E-state index in [9.17, 15) is 0 Å². The summed E-state index contributed by atoms with van der Waals surface area (Å²) in [6.07, 6.45) is 21.9. The van der Waals surface area contributed by atoms with Crippen molar-refractivity contribution in [3.8, 4) is 0 Å². The lowest BCUT2D eigenvalue weighted by Gasteiger charge is -2.02. The van der Waals surface area contributed by atoms with Crippen LogP contribution in [0.4, 0.5) is 0 Å². The first kappa shape index (κ1) is 18.5. The first-order valence-corrected chi connectivity index (χ1v) is 8.48. The van der Waals surface area contributed by atoms with Gasteiger partial charge >= 0.3 is 0 Å². The van der Waals surface area contributed by atoms with Gasteiger partial charge in [0.2, 0.25) is 0 Å². The number of nitrogens with one attached hydrogen (secondary N) is 4. The summed E-state index contributed by atoms with van der Waals surface area (Å²) >= 11 is 0. The van der Waals surface area contributed by atoms with Crippen LogP contribution in [0.5, 0.6) is 0 Å². The molecule has 4 N–H and O–H groups in total. The van der Waals surface area contributed by atoms with E-state index < -0.39 is 0 Å². The fourth-order valence-corrected chi connectivity index (χ4v) is 1.98. The van der Waals surface area contributed by atoms with Crippen molar-refractivity contribution in [2.75, 3.05) is 39.3 Å². The molecule has 0 saturated heterocycles. The zero-order valence-corrected chi connectivity index (χ0v) is 13.7. The van der Waals surface area contributed by atoms with Crippen LogP contribution < -0.4 is 21.3 Å². The summed E-state index contributed by atoms with van der Waals surface area (Å²) in [5, 5.41) is 12.5. The topological polar surface area (TPSA) is 48.1 Å². The zero-order chi connectivity index (χ0) is 15.6. The SMILES string of the molecule is C1=CCNC1.C1=CCNCC1.C1=CNCC1.C1=CNCCC1. The second-order valence-electron chi connectivity index (χ2n) is 5.24. The van der Waals surface area contributed by atoms with Crippen molar-refractivity contribution < 1.29 is 0 Å². The fraction of sp³-hybridized carbons (Fsp3) is 0.556. The number of hydrogen-bond acceptors (Lipinski definition) is 4. The van der Waals surface area contributed by atoms with Gasteiger partial charge in [0.1, 0.15) is 0 Å². The minimum Gasteiger partial charge on any atom is -0.391 e. The maximum Gasteiger partial charge on any atom is 0.0176 e. The second kappa shape index (κ2) is 15.9. The molecule has 4 heterocycles.